The van der Waals surface area contributed by atoms with Crippen molar-refractivity contribution < 1.29 is 23.9 Å². The number of esters is 1. The molecule has 7 nitrogen and oxygen atoms in total. The van der Waals surface area contributed by atoms with Gasteiger partial charge in [-0.25, -0.2) is 9.59 Å². The van der Waals surface area contributed by atoms with Gasteiger partial charge in [-0.15, -0.1) is 0 Å². The Hall–Kier alpha value is -3.35. The van der Waals surface area contributed by atoms with Gasteiger partial charge in [0.25, 0.3) is 5.91 Å². The van der Waals surface area contributed by atoms with Gasteiger partial charge in [-0.3, -0.25) is 10.1 Å². The third-order valence-corrected chi connectivity index (χ3v) is 4.68. The van der Waals surface area contributed by atoms with Crippen molar-refractivity contribution in [2.75, 3.05) is 18.5 Å². The van der Waals surface area contributed by atoms with E-state index in [1.54, 1.807) is 31.2 Å². The highest BCUT2D eigenvalue weighted by molar-refractivity contribution is 6.04. The number of nitrogens with one attached hydrogen (secondary N) is 1. The van der Waals surface area contributed by atoms with Crippen molar-refractivity contribution in [3.63, 3.8) is 0 Å². The van der Waals surface area contributed by atoms with Crippen molar-refractivity contribution in [2.24, 2.45) is 0 Å². The predicted molar refractivity (Wildman–Crippen MR) is 107 cm³/mol. The molecule has 1 aliphatic rings. The minimum atomic E-state index is -0.655. The lowest BCUT2D eigenvalue weighted by molar-refractivity contribution is -0.147. The van der Waals surface area contributed by atoms with Crippen LogP contribution in [0.25, 0.3) is 0 Å². The molecule has 3 rings (SSSR count). The summed E-state index contributed by atoms with van der Waals surface area (Å²) in [5, 5.41) is 2.63. The molecule has 152 valence electrons. The van der Waals surface area contributed by atoms with Gasteiger partial charge in [0.2, 0.25) is 0 Å². The average Bonchev–Trinajstić information content (AvgIpc) is 3.23. The van der Waals surface area contributed by atoms with Crippen LogP contribution in [0.3, 0.4) is 0 Å². The first kappa shape index (κ1) is 20.4. The molecule has 1 atom stereocenters. The number of carbonyl (C=O) groups is 3. The molecule has 7 heteroatoms. The van der Waals surface area contributed by atoms with E-state index < -0.39 is 18.1 Å². The molecular weight excluding hydrogens is 372 g/mol. The second kappa shape index (κ2) is 9.73. The minimum absolute atomic E-state index is 0.125. The smallest absolute Gasteiger partial charge is 0.411 e. The molecule has 0 aromatic heterocycles. The van der Waals surface area contributed by atoms with Crippen LogP contribution in [0.1, 0.15) is 35.7 Å². The summed E-state index contributed by atoms with van der Waals surface area (Å²) in [6.45, 7) is 2.59. The van der Waals surface area contributed by atoms with Gasteiger partial charge in [-0.05, 0) is 37.5 Å². The molecule has 0 unspecified atom stereocenters. The van der Waals surface area contributed by atoms with Crippen LogP contribution in [0.2, 0.25) is 0 Å². The highest BCUT2D eigenvalue weighted by Gasteiger charge is 2.36. The highest BCUT2D eigenvalue weighted by atomic mass is 16.5. The van der Waals surface area contributed by atoms with E-state index in [2.05, 4.69) is 5.32 Å². The Balaban J connectivity index is 1.68. The number of anilines is 1. The maximum atomic E-state index is 13.1. The first-order valence-electron chi connectivity index (χ1n) is 9.64. The van der Waals surface area contributed by atoms with Gasteiger partial charge in [0.05, 0.1) is 17.9 Å². The molecular formula is C22H24N2O5. The fourth-order valence-corrected chi connectivity index (χ4v) is 3.30. The maximum Gasteiger partial charge on any atom is 0.411 e. The summed E-state index contributed by atoms with van der Waals surface area (Å²) in [6, 6.07) is 15.4. The minimum Gasteiger partial charge on any atom is -0.464 e. The van der Waals surface area contributed by atoms with Crippen molar-refractivity contribution in [2.45, 2.75) is 32.4 Å². The number of hydrogen-bond donors (Lipinski definition) is 1. The van der Waals surface area contributed by atoms with Gasteiger partial charge in [0.1, 0.15) is 12.6 Å². The quantitative estimate of drug-likeness (QED) is 0.754. The number of rotatable bonds is 6. The van der Waals surface area contributed by atoms with Crippen molar-refractivity contribution in [3.8, 4) is 0 Å². The molecule has 1 saturated heterocycles. The van der Waals surface area contributed by atoms with E-state index in [1.165, 1.54) is 4.90 Å². The summed E-state index contributed by atoms with van der Waals surface area (Å²) < 4.78 is 10.3. The third kappa shape index (κ3) is 5.13. The summed E-state index contributed by atoms with van der Waals surface area (Å²) in [5.41, 5.74) is 1.51. The molecule has 29 heavy (non-hydrogen) atoms. The Morgan fingerprint density at radius 2 is 1.76 bits per heavy atom. The van der Waals surface area contributed by atoms with Gasteiger partial charge in [-0.1, -0.05) is 42.5 Å². The van der Waals surface area contributed by atoms with Crippen LogP contribution in [0, 0.1) is 0 Å². The van der Waals surface area contributed by atoms with Gasteiger partial charge < -0.3 is 14.4 Å². The van der Waals surface area contributed by atoms with Crippen LogP contribution in [0.15, 0.2) is 54.6 Å². The fraction of sp³-hybridized carbons (Fsp3) is 0.318. The third-order valence-electron chi connectivity index (χ3n) is 4.68. The van der Waals surface area contributed by atoms with E-state index >= 15 is 0 Å². The Morgan fingerprint density at radius 3 is 2.52 bits per heavy atom. The molecule has 1 N–H and O–H groups in total. The van der Waals surface area contributed by atoms with E-state index in [0.29, 0.717) is 24.2 Å². The summed E-state index contributed by atoms with van der Waals surface area (Å²) in [6.07, 6.45) is 0.640. The monoisotopic (exact) mass is 396 g/mol. The van der Waals surface area contributed by atoms with E-state index in [4.69, 9.17) is 9.47 Å². The standard InChI is InChI=1S/C22H24N2O5/c1-2-28-21(26)19-13-8-14-24(19)20(25)17-11-6-7-12-18(17)23-22(27)29-15-16-9-4-3-5-10-16/h3-7,9-12,19H,2,8,13-15H2,1H3,(H,23,27)/t19-/m0/s1. The lowest BCUT2D eigenvalue weighted by atomic mass is 10.1. The summed E-state index contributed by atoms with van der Waals surface area (Å²) in [4.78, 5) is 39.0. The summed E-state index contributed by atoms with van der Waals surface area (Å²) >= 11 is 0. The van der Waals surface area contributed by atoms with Crippen LogP contribution in [-0.4, -0.2) is 42.1 Å². The van der Waals surface area contributed by atoms with Crippen molar-refractivity contribution in [1.82, 2.24) is 4.90 Å². The SMILES string of the molecule is CCOC(=O)[C@@H]1CCCN1C(=O)c1ccccc1NC(=O)OCc1ccccc1. The van der Waals surface area contributed by atoms with Crippen molar-refractivity contribution in [1.29, 1.82) is 0 Å². The molecule has 0 saturated carbocycles. The molecule has 1 heterocycles. The number of hydrogen-bond acceptors (Lipinski definition) is 5. The van der Waals surface area contributed by atoms with Crippen LogP contribution in [-0.2, 0) is 20.9 Å². The second-order valence-electron chi connectivity index (χ2n) is 6.64. The first-order chi connectivity index (χ1) is 14.1. The van der Waals surface area contributed by atoms with Gasteiger partial charge in [0, 0.05) is 6.54 Å². The number of likely N-dealkylation sites (tertiary alicyclic amines) is 1. The number of nitrogens with zero attached hydrogens (tertiary/aromatic N) is 1. The van der Waals surface area contributed by atoms with Gasteiger partial charge in [-0.2, -0.15) is 0 Å². The molecule has 2 amide bonds. The molecule has 0 spiro atoms. The number of ether oxygens (including phenoxy) is 2. The topological polar surface area (TPSA) is 84.9 Å². The molecule has 2 aromatic rings. The normalized spacial score (nSPS) is 15.6. The van der Waals surface area contributed by atoms with Crippen molar-refractivity contribution in [3.05, 3.63) is 65.7 Å². The largest absolute Gasteiger partial charge is 0.464 e. The van der Waals surface area contributed by atoms with E-state index in [-0.39, 0.29) is 19.1 Å². The Morgan fingerprint density at radius 1 is 1.03 bits per heavy atom. The number of benzene rings is 2. The van der Waals surface area contributed by atoms with Crippen LogP contribution in [0.5, 0.6) is 0 Å². The van der Waals surface area contributed by atoms with E-state index in [0.717, 1.165) is 12.0 Å². The fourth-order valence-electron chi connectivity index (χ4n) is 3.30. The lowest BCUT2D eigenvalue weighted by Crippen LogP contribution is -2.41. The molecule has 2 aromatic carbocycles. The molecule has 1 fully saturated rings. The Kier molecular flexibility index (Phi) is 6.84. The van der Waals surface area contributed by atoms with E-state index in [1.807, 2.05) is 30.3 Å². The predicted octanol–water partition coefficient (Wildman–Crippen LogP) is 3.60. The van der Waals surface area contributed by atoms with Crippen LogP contribution < -0.4 is 5.32 Å². The van der Waals surface area contributed by atoms with E-state index in [9.17, 15) is 14.4 Å². The second-order valence-corrected chi connectivity index (χ2v) is 6.64. The van der Waals surface area contributed by atoms with Gasteiger partial charge >= 0.3 is 12.1 Å². The zero-order valence-corrected chi connectivity index (χ0v) is 16.3. The van der Waals surface area contributed by atoms with Crippen LogP contribution in [0.4, 0.5) is 10.5 Å². The van der Waals surface area contributed by atoms with Gasteiger partial charge in [0.15, 0.2) is 0 Å². The average molecular weight is 396 g/mol. The van der Waals surface area contributed by atoms with Crippen molar-refractivity contribution >= 4 is 23.7 Å². The molecule has 0 aliphatic carbocycles. The Labute approximate surface area is 169 Å². The lowest BCUT2D eigenvalue weighted by Gasteiger charge is -2.24. The molecule has 1 aliphatic heterocycles. The summed E-state index contributed by atoms with van der Waals surface area (Å²) in [5.74, 6) is -0.717. The molecule has 0 radical (unpaired) electrons. The first-order valence-corrected chi connectivity index (χ1v) is 9.64. The van der Waals surface area contributed by atoms with Crippen LogP contribution >= 0.6 is 0 Å². The number of carbonyl (C=O) groups excluding carboxylic acids is 3. The Bertz CT molecular complexity index is 869. The number of amides is 2. The zero-order chi connectivity index (χ0) is 20.6. The molecule has 0 bridgehead atoms. The summed E-state index contributed by atoms with van der Waals surface area (Å²) in [7, 11) is 0. The maximum absolute atomic E-state index is 13.1. The zero-order valence-electron chi connectivity index (χ0n) is 16.3. The highest BCUT2D eigenvalue weighted by Crippen LogP contribution is 2.25. The number of para-hydroxylation sites is 1.